The summed E-state index contributed by atoms with van der Waals surface area (Å²) in [6.45, 7) is 5.64. The van der Waals surface area contributed by atoms with Crippen LogP contribution in [-0.4, -0.2) is 51.5 Å². The third-order valence-corrected chi connectivity index (χ3v) is 8.06. The van der Waals surface area contributed by atoms with Crippen LogP contribution in [0.1, 0.15) is 32.3 Å². The molecule has 7 nitrogen and oxygen atoms in total. The van der Waals surface area contributed by atoms with Crippen LogP contribution in [0, 0.1) is 0 Å². The lowest BCUT2D eigenvalue weighted by molar-refractivity contribution is -0.115. The number of sulfonamides is 1. The van der Waals surface area contributed by atoms with E-state index in [1.807, 2.05) is 24.3 Å². The highest BCUT2D eigenvalue weighted by molar-refractivity contribution is 7.89. The number of rotatable bonds is 9. The molecule has 174 valence electrons. The van der Waals surface area contributed by atoms with Gasteiger partial charge in [-0.1, -0.05) is 43.6 Å². The molecule has 0 aliphatic carbocycles. The number of nitrogens with one attached hydrogen (secondary N) is 2. The van der Waals surface area contributed by atoms with Gasteiger partial charge in [0.2, 0.25) is 15.9 Å². The van der Waals surface area contributed by atoms with E-state index in [1.54, 1.807) is 18.2 Å². The summed E-state index contributed by atoms with van der Waals surface area (Å²) in [5, 5.41) is 6.86. The van der Waals surface area contributed by atoms with E-state index in [9.17, 15) is 13.2 Å². The van der Waals surface area contributed by atoms with Crippen molar-refractivity contribution in [2.24, 2.45) is 0 Å². The van der Waals surface area contributed by atoms with Gasteiger partial charge in [0, 0.05) is 29.3 Å². The summed E-state index contributed by atoms with van der Waals surface area (Å²) in [5.74, 6) is -0.244. The van der Waals surface area contributed by atoms with E-state index in [2.05, 4.69) is 24.5 Å². The summed E-state index contributed by atoms with van der Waals surface area (Å²) < 4.78 is 32.4. The zero-order chi connectivity index (χ0) is 23.2. The minimum atomic E-state index is -3.63. The van der Waals surface area contributed by atoms with E-state index in [0.29, 0.717) is 37.0 Å². The summed E-state index contributed by atoms with van der Waals surface area (Å²) in [6, 6.07) is 14.0. The molecule has 1 saturated heterocycles. The summed E-state index contributed by atoms with van der Waals surface area (Å²) in [5.41, 5.74) is 1.15. The summed E-state index contributed by atoms with van der Waals surface area (Å²) in [7, 11) is -3.63. The molecule has 3 rings (SSSR count). The topological polar surface area (TPSA) is 87.7 Å². The van der Waals surface area contributed by atoms with Gasteiger partial charge in [0.25, 0.3) is 0 Å². The SMILES string of the molecule is CCC(CC)(NCC(=O)Nc1cccc(S(=O)(=O)N2CCOCC2)c1)c1ccc(Cl)cc1. The summed E-state index contributed by atoms with van der Waals surface area (Å²) >= 11 is 6.02. The predicted molar refractivity (Wildman–Crippen MR) is 126 cm³/mol. The van der Waals surface area contributed by atoms with Gasteiger partial charge in [-0.25, -0.2) is 8.42 Å². The number of anilines is 1. The highest BCUT2D eigenvalue weighted by Gasteiger charge is 2.29. The van der Waals surface area contributed by atoms with Gasteiger partial charge in [-0.3, -0.25) is 10.1 Å². The van der Waals surface area contributed by atoms with Crippen molar-refractivity contribution in [1.82, 2.24) is 9.62 Å². The van der Waals surface area contributed by atoms with E-state index in [0.717, 1.165) is 18.4 Å². The first-order chi connectivity index (χ1) is 15.3. The van der Waals surface area contributed by atoms with Crippen LogP contribution in [0.15, 0.2) is 53.4 Å². The van der Waals surface area contributed by atoms with Crippen LogP contribution in [0.3, 0.4) is 0 Å². The highest BCUT2D eigenvalue weighted by atomic mass is 35.5. The first kappa shape index (κ1) is 24.7. The Labute approximate surface area is 195 Å². The van der Waals surface area contributed by atoms with Gasteiger partial charge in [-0.15, -0.1) is 0 Å². The fourth-order valence-corrected chi connectivity index (χ4v) is 5.48. The standard InChI is InChI=1S/C23H30ClN3O4S/c1-3-23(4-2,18-8-10-19(24)11-9-18)25-17-22(28)26-20-6-5-7-21(16-20)32(29,30)27-12-14-31-15-13-27/h5-11,16,25H,3-4,12-15,17H2,1-2H3,(H,26,28). The molecule has 0 saturated carbocycles. The molecule has 0 radical (unpaired) electrons. The van der Waals surface area contributed by atoms with Crippen LogP contribution >= 0.6 is 11.6 Å². The van der Waals surface area contributed by atoms with Crippen molar-refractivity contribution >= 4 is 33.2 Å². The van der Waals surface area contributed by atoms with Gasteiger partial charge in [-0.05, 0) is 48.7 Å². The Hall–Kier alpha value is -1.97. The molecular formula is C23H30ClN3O4S. The number of carbonyl (C=O) groups excluding carboxylic acids is 1. The normalized spacial score (nSPS) is 15.5. The monoisotopic (exact) mass is 479 g/mol. The molecule has 1 aliphatic heterocycles. The Morgan fingerprint density at radius 3 is 2.38 bits per heavy atom. The molecule has 2 aromatic carbocycles. The second-order valence-corrected chi connectivity index (χ2v) is 10.1. The Balaban J connectivity index is 1.68. The van der Waals surface area contributed by atoms with Crippen LogP contribution in [0.2, 0.25) is 5.02 Å². The van der Waals surface area contributed by atoms with Crippen LogP contribution in [0.4, 0.5) is 5.69 Å². The third kappa shape index (κ3) is 5.68. The molecule has 0 bridgehead atoms. The third-order valence-electron chi connectivity index (χ3n) is 5.92. The average molecular weight is 480 g/mol. The maximum absolute atomic E-state index is 12.9. The lowest BCUT2D eigenvalue weighted by Crippen LogP contribution is -2.45. The van der Waals surface area contributed by atoms with E-state index in [4.69, 9.17) is 16.3 Å². The predicted octanol–water partition coefficient (Wildman–Crippen LogP) is 3.60. The maximum Gasteiger partial charge on any atom is 0.243 e. The molecule has 0 unspecified atom stereocenters. The fraction of sp³-hybridized carbons (Fsp3) is 0.435. The first-order valence-corrected chi connectivity index (χ1v) is 12.6. The van der Waals surface area contributed by atoms with Crippen molar-refractivity contribution in [2.75, 3.05) is 38.2 Å². The average Bonchev–Trinajstić information content (AvgIpc) is 2.82. The smallest absolute Gasteiger partial charge is 0.243 e. The number of benzene rings is 2. The number of nitrogens with zero attached hydrogens (tertiary/aromatic N) is 1. The van der Waals surface area contributed by atoms with Crippen LogP contribution < -0.4 is 10.6 Å². The van der Waals surface area contributed by atoms with Gasteiger partial charge in [0.1, 0.15) is 0 Å². The Kier molecular flexibility index (Phi) is 8.30. The highest BCUT2D eigenvalue weighted by Crippen LogP contribution is 2.29. The zero-order valence-corrected chi connectivity index (χ0v) is 20.0. The summed E-state index contributed by atoms with van der Waals surface area (Å²) in [4.78, 5) is 12.8. The van der Waals surface area contributed by atoms with Crippen LogP contribution in [0.5, 0.6) is 0 Å². The number of halogens is 1. The minimum Gasteiger partial charge on any atom is -0.379 e. The van der Waals surface area contributed by atoms with Crippen molar-refractivity contribution < 1.29 is 17.9 Å². The van der Waals surface area contributed by atoms with Crippen molar-refractivity contribution in [3.05, 3.63) is 59.1 Å². The molecule has 2 N–H and O–H groups in total. The van der Waals surface area contributed by atoms with Gasteiger partial charge in [-0.2, -0.15) is 4.31 Å². The van der Waals surface area contributed by atoms with E-state index >= 15 is 0 Å². The second-order valence-electron chi connectivity index (χ2n) is 7.74. The van der Waals surface area contributed by atoms with Crippen LogP contribution in [-0.2, 0) is 25.1 Å². The minimum absolute atomic E-state index is 0.0880. The van der Waals surface area contributed by atoms with Gasteiger partial charge in [0.15, 0.2) is 0 Å². The molecular weight excluding hydrogens is 450 g/mol. The molecule has 1 amide bonds. The van der Waals surface area contributed by atoms with Gasteiger partial charge in [0.05, 0.1) is 24.7 Å². The number of carbonyl (C=O) groups is 1. The van der Waals surface area contributed by atoms with Gasteiger partial charge >= 0.3 is 0 Å². The Bertz CT molecular complexity index is 1020. The van der Waals surface area contributed by atoms with Crippen molar-refractivity contribution in [3.8, 4) is 0 Å². The Morgan fingerprint density at radius 2 is 1.75 bits per heavy atom. The lowest BCUT2D eigenvalue weighted by Gasteiger charge is -2.33. The lowest BCUT2D eigenvalue weighted by atomic mass is 9.84. The van der Waals surface area contributed by atoms with Gasteiger partial charge < -0.3 is 10.1 Å². The molecule has 1 fully saturated rings. The second kappa shape index (κ2) is 10.8. The number of amides is 1. The summed E-state index contributed by atoms with van der Waals surface area (Å²) in [6.07, 6.45) is 1.59. The van der Waals surface area contributed by atoms with Crippen molar-refractivity contribution in [2.45, 2.75) is 37.1 Å². The quantitative estimate of drug-likeness (QED) is 0.573. The Morgan fingerprint density at radius 1 is 1.09 bits per heavy atom. The molecule has 32 heavy (non-hydrogen) atoms. The van der Waals surface area contributed by atoms with E-state index < -0.39 is 10.0 Å². The molecule has 2 aromatic rings. The number of hydrogen-bond acceptors (Lipinski definition) is 5. The van der Waals surface area contributed by atoms with E-state index in [-0.39, 0.29) is 22.9 Å². The van der Waals surface area contributed by atoms with Crippen molar-refractivity contribution in [3.63, 3.8) is 0 Å². The molecule has 9 heteroatoms. The van der Waals surface area contributed by atoms with E-state index in [1.165, 1.54) is 10.4 Å². The molecule has 1 heterocycles. The fourth-order valence-electron chi connectivity index (χ4n) is 3.90. The van der Waals surface area contributed by atoms with Crippen LogP contribution in [0.25, 0.3) is 0 Å². The first-order valence-electron chi connectivity index (χ1n) is 10.8. The zero-order valence-electron chi connectivity index (χ0n) is 18.4. The number of hydrogen-bond donors (Lipinski definition) is 2. The largest absolute Gasteiger partial charge is 0.379 e. The number of ether oxygens (including phenoxy) is 1. The molecule has 0 atom stereocenters. The van der Waals surface area contributed by atoms with Crippen molar-refractivity contribution in [1.29, 1.82) is 0 Å². The molecule has 0 aromatic heterocycles. The number of morpholine rings is 1. The molecule has 1 aliphatic rings. The maximum atomic E-state index is 12.9. The molecule has 0 spiro atoms.